The van der Waals surface area contributed by atoms with E-state index < -0.39 is 0 Å². The third kappa shape index (κ3) is 2.07. The molecule has 0 radical (unpaired) electrons. The average molecular weight is 239 g/mol. The van der Waals surface area contributed by atoms with Gasteiger partial charge >= 0.3 is 0 Å². The lowest BCUT2D eigenvalue weighted by Crippen LogP contribution is -1.89. The van der Waals surface area contributed by atoms with Crippen LogP contribution in [0.3, 0.4) is 0 Å². The lowest BCUT2D eigenvalue weighted by molar-refractivity contribution is 0.414. The summed E-state index contributed by atoms with van der Waals surface area (Å²) in [5.74, 6) is 1.58. The summed E-state index contributed by atoms with van der Waals surface area (Å²) in [5.41, 5.74) is 2.85. The van der Waals surface area contributed by atoms with E-state index in [-0.39, 0.29) is 0 Å². The summed E-state index contributed by atoms with van der Waals surface area (Å²) in [5, 5.41) is 0. The molecule has 3 heteroatoms. The molecule has 0 aliphatic heterocycles. The number of aromatic nitrogens is 1. The van der Waals surface area contributed by atoms with Gasteiger partial charge in [0.1, 0.15) is 11.3 Å². The highest BCUT2D eigenvalue weighted by atomic mass is 16.5. The number of fused-ring (bicyclic) bond motifs is 1. The van der Waals surface area contributed by atoms with Crippen LogP contribution in [0.2, 0.25) is 0 Å². The van der Waals surface area contributed by atoms with Crippen LogP contribution in [0.4, 0.5) is 0 Å². The van der Waals surface area contributed by atoms with Crippen LogP contribution in [-0.4, -0.2) is 12.1 Å². The fourth-order valence-electron chi connectivity index (χ4n) is 1.95. The zero-order chi connectivity index (χ0) is 12.4. The van der Waals surface area contributed by atoms with Gasteiger partial charge in [0.05, 0.1) is 7.11 Å². The number of methoxy groups -OCH3 is 1. The van der Waals surface area contributed by atoms with Gasteiger partial charge < -0.3 is 9.15 Å². The smallest absolute Gasteiger partial charge is 0.199 e. The second kappa shape index (κ2) is 4.53. The van der Waals surface area contributed by atoms with Gasteiger partial charge in [0, 0.05) is 6.42 Å². The predicted octanol–water partition coefficient (Wildman–Crippen LogP) is 3.43. The van der Waals surface area contributed by atoms with Gasteiger partial charge in [0.2, 0.25) is 0 Å². The van der Waals surface area contributed by atoms with Crippen molar-refractivity contribution < 1.29 is 9.15 Å². The Balaban J connectivity index is 1.91. The molecular formula is C15H13NO2. The van der Waals surface area contributed by atoms with Crippen LogP contribution in [0.25, 0.3) is 11.1 Å². The van der Waals surface area contributed by atoms with E-state index in [1.807, 2.05) is 48.5 Å². The molecule has 3 nitrogen and oxygen atoms in total. The number of ether oxygens (including phenoxy) is 1. The fourth-order valence-corrected chi connectivity index (χ4v) is 1.95. The fraction of sp³-hybridized carbons (Fsp3) is 0.133. The molecule has 0 unspecified atom stereocenters. The highest BCUT2D eigenvalue weighted by molar-refractivity contribution is 5.72. The van der Waals surface area contributed by atoms with Crippen LogP contribution in [0.1, 0.15) is 11.5 Å². The topological polar surface area (TPSA) is 35.3 Å². The molecule has 0 amide bonds. The first-order valence-electron chi connectivity index (χ1n) is 5.82. The molecule has 90 valence electrons. The number of oxazole rings is 1. The second-order valence-electron chi connectivity index (χ2n) is 4.10. The maximum atomic E-state index is 5.69. The number of benzene rings is 2. The van der Waals surface area contributed by atoms with Crippen LogP contribution >= 0.6 is 0 Å². The molecule has 0 bridgehead atoms. The maximum Gasteiger partial charge on any atom is 0.199 e. The normalized spacial score (nSPS) is 10.7. The van der Waals surface area contributed by atoms with Crippen molar-refractivity contribution in [1.29, 1.82) is 0 Å². The van der Waals surface area contributed by atoms with Gasteiger partial charge in [-0.3, -0.25) is 0 Å². The van der Waals surface area contributed by atoms with E-state index in [1.54, 1.807) is 7.11 Å². The molecule has 2 aromatic carbocycles. The summed E-state index contributed by atoms with van der Waals surface area (Å²) in [6, 6.07) is 15.7. The van der Waals surface area contributed by atoms with Crippen molar-refractivity contribution in [2.24, 2.45) is 0 Å². The molecule has 0 fully saturated rings. The number of hydrogen-bond acceptors (Lipinski definition) is 3. The van der Waals surface area contributed by atoms with E-state index in [2.05, 4.69) is 4.98 Å². The summed E-state index contributed by atoms with van der Waals surface area (Å²) in [6.45, 7) is 0. The largest absolute Gasteiger partial charge is 0.497 e. The quantitative estimate of drug-likeness (QED) is 0.702. The van der Waals surface area contributed by atoms with Crippen molar-refractivity contribution in [3.05, 3.63) is 60.0 Å². The molecule has 0 atom stereocenters. The SMILES string of the molecule is COc1cccc(Cc2nc3ccccc3o2)c1. The number of rotatable bonds is 3. The van der Waals surface area contributed by atoms with Crippen LogP contribution < -0.4 is 4.74 Å². The molecule has 18 heavy (non-hydrogen) atoms. The highest BCUT2D eigenvalue weighted by Crippen LogP contribution is 2.19. The van der Waals surface area contributed by atoms with E-state index in [9.17, 15) is 0 Å². The lowest BCUT2D eigenvalue weighted by Gasteiger charge is -2.01. The maximum absolute atomic E-state index is 5.69. The zero-order valence-electron chi connectivity index (χ0n) is 10.1. The Labute approximate surface area is 105 Å². The lowest BCUT2D eigenvalue weighted by atomic mass is 10.1. The summed E-state index contributed by atoms with van der Waals surface area (Å²) < 4.78 is 10.9. The van der Waals surface area contributed by atoms with E-state index in [1.165, 1.54) is 0 Å². The first-order valence-corrected chi connectivity index (χ1v) is 5.82. The minimum Gasteiger partial charge on any atom is -0.497 e. The molecule has 1 aromatic heterocycles. The average Bonchev–Trinajstić information content (AvgIpc) is 2.81. The van der Waals surface area contributed by atoms with Crippen molar-refractivity contribution in [2.45, 2.75) is 6.42 Å². The summed E-state index contributed by atoms with van der Waals surface area (Å²) in [6.07, 6.45) is 0.672. The highest BCUT2D eigenvalue weighted by Gasteiger charge is 2.06. The van der Waals surface area contributed by atoms with Gasteiger partial charge in [-0.05, 0) is 29.8 Å². The van der Waals surface area contributed by atoms with Gasteiger partial charge in [0.25, 0.3) is 0 Å². The molecule has 0 aliphatic carbocycles. The van der Waals surface area contributed by atoms with Crippen molar-refractivity contribution in [3.8, 4) is 5.75 Å². The Kier molecular flexibility index (Phi) is 2.73. The zero-order valence-corrected chi connectivity index (χ0v) is 10.1. The van der Waals surface area contributed by atoms with Crippen molar-refractivity contribution in [1.82, 2.24) is 4.98 Å². The van der Waals surface area contributed by atoms with E-state index in [0.717, 1.165) is 28.3 Å². The standard InChI is InChI=1S/C15H13NO2/c1-17-12-6-4-5-11(9-12)10-15-16-13-7-2-3-8-14(13)18-15/h2-9H,10H2,1H3. The van der Waals surface area contributed by atoms with Gasteiger partial charge in [0.15, 0.2) is 11.5 Å². The number of hydrogen-bond donors (Lipinski definition) is 0. The molecule has 0 spiro atoms. The Bertz CT molecular complexity index is 640. The monoisotopic (exact) mass is 239 g/mol. The van der Waals surface area contributed by atoms with Crippen LogP contribution in [0.15, 0.2) is 52.9 Å². The first-order chi connectivity index (χ1) is 8.85. The molecule has 0 N–H and O–H groups in total. The Morgan fingerprint density at radius 3 is 2.83 bits per heavy atom. The summed E-state index contributed by atoms with van der Waals surface area (Å²) in [7, 11) is 1.67. The van der Waals surface area contributed by atoms with Gasteiger partial charge in [-0.15, -0.1) is 0 Å². The minimum absolute atomic E-state index is 0.672. The molecule has 0 saturated carbocycles. The van der Waals surface area contributed by atoms with E-state index >= 15 is 0 Å². The predicted molar refractivity (Wildman–Crippen MR) is 69.8 cm³/mol. The van der Waals surface area contributed by atoms with Crippen molar-refractivity contribution in [3.63, 3.8) is 0 Å². The second-order valence-corrected chi connectivity index (χ2v) is 4.10. The molecule has 1 heterocycles. The Hall–Kier alpha value is -2.29. The van der Waals surface area contributed by atoms with E-state index in [0.29, 0.717) is 6.42 Å². The Morgan fingerprint density at radius 1 is 1.11 bits per heavy atom. The number of nitrogens with zero attached hydrogens (tertiary/aromatic N) is 1. The van der Waals surface area contributed by atoms with Crippen molar-refractivity contribution in [2.75, 3.05) is 7.11 Å². The third-order valence-electron chi connectivity index (χ3n) is 2.83. The molecular weight excluding hydrogens is 226 g/mol. The summed E-state index contributed by atoms with van der Waals surface area (Å²) >= 11 is 0. The van der Waals surface area contributed by atoms with Crippen molar-refractivity contribution >= 4 is 11.1 Å². The molecule has 0 aliphatic rings. The van der Waals surface area contributed by atoms with Crippen LogP contribution in [0.5, 0.6) is 5.75 Å². The molecule has 3 rings (SSSR count). The minimum atomic E-state index is 0.672. The van der Waals surface area contributed by atoms with E-state index in [4.69, 9.17) is 9.15 Å². The van der Waals surface area contributed by atoms with Crippen LogP contribution in [-0.2, 0) is 6.42 Å². The third-order valence-corrected chi connectivity index (χ3v) is 2.83. The van der Waals surface area contributed by atoms with Gasteiger partial charge in [-0.1, -0.05) is 24.3 Å². The summed E-state index contributed by atoms with van der Waals surface area (Å²) in [4.78, 5) is 4.46. The Morgan fingerprint density at radius 2 is 2.00 bits per heavy atom. The van der Waals surface area contributed by atoms with Gasteiger partial charge in [-0.2, -0.15) is 0 Å². The number of para-hydroxylation sites is 2. The molecule has 0 saturated heterocycles. The van der Waals surface area contributed by atoms with Crippen LogP contribution in [0, 0.1) is 0 Å². The molecule has 3 aromatic rings. The van der Waals surface area contributed by atoms with Gasteiger partial charge in [-0.25, -0.2) is 4.98 Å². The first kappa shape index (κ1) is 10.8.